The van der Waals surface area contributed by atoms with Crippen LogP contribution in [-0.2, 0) is 4.79 Å². The molecule has 1 amide bonds. The summed E-state index contributed by atoms with van der Waals surface area (Å²) >= 11 is 1.51. The monoisotopic (exact) mass is 241 g/mol. The highest BCUT2D eigenvalue weighted by Crippen LogP contribution is 2.29. The molecule has 0 bridgehead atoms. The van der Waals surface area contributed by atoms with Crippen LogP contribution >= 0.6 is 11.8 Å². The van der Waals surface area contributed by atoms with Crippen molar-refractivity contribution < 1.29 is 15.0 Å². The fourth-order valence-electron chi connectivity index (χ4n) is 1.08. The van der Waals surface area contributed by atoms with Gasteiger partial charge < -0.3 is 15.5 Å². The van der Waals surface area contributed by atoms with Crippen LogP contribution < -0.4 is 5.32 Å². The Morgan fingerprint density at radius 3 is 2.75 bits per heavy atom. The van der Waals surface area contributed by atoms with Crippen LogP contribution in [0.3, 0.4) is 0 Å². The van der Waals surface area contributed by atoms with Crippen molar-refractivity contribution in [3.63, 3.8) is 0 Å². The molecule has 0 unspecified atom stereocenters. The van der Waals surface area contributed by atoms with E-state index < -0.39 is 0 Å². The minimum atomic E-state index is -0.123. The summed E-state index contributed by atoms with van der Waals surface area (Å²) in [6, 6.07) is 4.67. The van der Waals surface area contributed by atoms with E-state index >= 15 is 0 Å². The molecule has 0 fully saturated rings. The van der Waals surface area contributed by atoms with E-state index in [2.05, 4.69) is 5.32 Å². The van der Waals surface area contributed by atoms with E-state index in [1.165, 1.54) is 23.9 Å². The van der Waals surface area contributed by atoms with Crippen LogP contribution in [0.15, 0.2) is 23.1 Å². The Bertz CT molecular complexity index is 368. The molecule has 5 heteroatoms. The number of carbonyl (C=O) groups excluding carboxylic acids is 1. The van der Waals surface area contributed by atoms with Crippen molar-refractivity contribution in [1.82, 2.24) is 5.32 Å². The highest BCUT2D eigenvalue weighted by atomic mass is 32.2. The Morgan fingerprint density at radius 1 is 1.38 bits per heavy atom. The Balaban J connectivity index is 2.32. The van der Waals surface area contributed by atoms with Crippen LogP contribution in [0.5, 0.6) is 11.5 Å². The molecule has 0 aliphatic rings. The highest BCUT2D eigenvalue weighted by molar-refractivity contribution is 7.99. The Morgan fingerprint density at radius 2 is 2.12 bits per heavy atom. The van der Waals surface area contributed by atoms with Crippen molar-refractivity contribution in [2.75, 3.05) is 12.3 Å². The van der Waals surface area contributed by atoms with E-state index in [1.807, 2.05) is 0 Å². The van der Waals surface area contributed by atoms with Crippen LogP contribution in [0, 0.1) is 0 Å². The summed E-state index contributed by atoms with van der Waals surface area (Å²) in [5, 5.41) is 21.1. The van der Waals surface area contributed by atoms with Crippen molar-refractivity contribution in [3.05, 3.63) is 18.2 Å². The van der Waals surface area contributed by atoms with E-state index in [9.17, 15) is 9.90 Å². The molecule has 0 atom stereocenters. The third-order valence-electron chi connectivity index (χ3n) is 1.96. The summed E-state index contributed by atoms with van der Waals surface area (Å²) in [4.78, 5) is 11.8. The Kier molecular flexibility index (Phi) is 4.98. The number of phenolic OH excluding ortho intramolecular Hbond substituents is 2. The van der Waals surface area contributed by atoms with Gasteiger partial charge in [0, 0.05) is 23.6 Å². The second-order valence-corrected chi connectivity index (χ2v) is 4.37. The minimum Gasteiger partial charge on any atom is -0.504 e. The van der Waals surface area contributed by atoms with Crippen molar-refractivity contribution in [2.24, 2.45) is 0 Å². The lowest BCUT2D eigenvalue weighted by Gasteiger charge is -2.04. The molecule has 1 aromatic carbocycles. The van der Waals surface area contributed by atoms with Gasteiger partial charge in [-0.15, -0.1) is 11.8 Å². The lowest BCUT2D eigenvalue weighted by molar-refractivity contribution is -0.120. The molecular weight excluding hydrogens is 226 g/mol. The smallest absolute Gasteiger partial charge is 0.219 e. The first-order valence-corrected chi connectivity index (χ1v) is 6.03. The number of amides is 1. The largest absolute Gasteiger partial charge is 0.504 e. The molecule has 0 aromatic heterocycles. The van der Waals surface area contributed by atoms with Crippen LogP contribution in [0.25, 0.3) is 0 Å². The number of aromatic hydroxyl groups is 2. The van der Waals surface area contributed by atoms with Gasteiger partial charge in [-0.2, -0.15) is 0 Å². The summed E-state index contributed by atoms with van der Waals surface area (Å²) in [6.07, 6.45) is 0.491. The fourth-order valence-corrected chi connectivity index (χ4v) is 1.88. The number of hydrogen-bond acceptors (Lipinski definition) is 4. The van der Waals surface area contributed by atoms with Gasteiger partial charge in [0.2, 0.25) is 5.91 Å². The molecule has 4 nitrogen and oxygen atoms in total. The molecule has 3 N–H and O–H groups in total. The van der Waals surface area contributed by atoms with Gasteiger partial charge in [0.1, 0.15) is 0 Å². The van der Waals surface area contributed by atoms with Gasteiger partial charge in [-0.1, -0.05) is 6.92 Å². The summed E-state index contributed by atoms with van der Waals surface area (Å²) in [5.41, 5.74) is 0. The zero-order chi connectivity index (χ0) is 12.0. The number of benzene rings is 1. The van der Waals surface area contributed by atoms with Gasteiger partial charge in [-0.25, -0.2) is 0 Å². The summed E-state index contributed by atoms with van der Waals surface area (Å²) in [5.74, 6) is 0.524. The molecule has 88 valence electrons. The molecule has 0 aliphatic heterocycles. The normalized spacial score (nSPS) is 10.1. The van der Waals surface area contributed by atoms with E-state index in [-0.39, 0.29) is 17.4 Å². The average Bonchev–Trinajstić information content (AvgIpc) is 2.28. The fraction of sp³-hybridized carbons (Fsp3) is 0.364. The quantitative estimate of drug-likeness (QED) is 0.417. The number of carbonyl (C=O) groups is 1. The topological polar surface area (TPSA) is 69.6 Å². The Labute approximate surface area is 98.7 Å². The number of nitrogens with one attached hydrogen (secondary N) is 1. The summed E-state index contributed by atoms with van der Waals surface area (Å²) < 4.78 is 0. The number of hydrogen-bond donors (Lipinski definition) is 3. The number of phenols is 2. The zero-order valence-electron chi connectivity index (χ0n) is 9.06. The van der Waals surface area contributed by atoms with Gasteiger partial charge in [-0.05, 0) is 18.2 Å². The van der Waals surface area contributed by atoms with Gasteiger partial charge in [0.25, 0.3) is 0 Å². The van der Waals surface area contributed by atoms with E-state index in [0.29, 0.717) is 13.0 Å². The molecule has 0 spiro atoms. The standard InChI is InChI=1S/C11H15NO3S/c1-2-11(15)12-5-6-16-8-3-4-9(13)10(14)7-8/h3-4,7,13-14H,2,5-6H2,1H3,(H,12,15). The lowest BCUT2D eigenvalue weighted by Crippen LogP contribution is -2.24. The molecular formula is C11H15NO3S. The van der Waals surface area contributed by atoms with Crippen molar-refractivity contribution >= 4 is 17.7 Å². The first kappa shape index (κ1) is 12.7. The lowest BCUT2D eigenvalue weighted by atomic mass is 10.3. The second-order valence-electron chi connectivity index (χ2n) is 3.20. The molecule has 0 heterocycles. The third-order valence-corrected chi connectivity index (χ3v) is 2.96. The number of thioether (sulfide) groups is 1. The van der Waals surface area contributed by atoms with Gasteiger partial charge in [0.15, 0.2) is 11.5 Å². The maximum atomic E-state index is 10.9. The molecule has 0 saturated heterocycles. The van der Waals surface area contributed by atoms with E-state index in [1.54, 1.807) is 13.0 Å². The maximum Gasteiger partial charge on any atom is 0.219 e. The molecule has 0 radical (unpaired) electrons. The first-order chi connectivity index (χ1) is 7.63. The molecule has 0 saturated carbocycles. The van der Waals surface area contributed by atoms with E-state index in [4.69, 9.17) is 5.11 Å². The Hall–Kier alpha value is -1.36. The maximum absolute atomic E-state index is 10.9. The van der Waals surface area contributed by atoms with Gasteiger partial charge >= 0.3 is 0 Å². The van der Waals surface area contributed by atoms with Crippen LogP contribution in [0.2, 0.25) is 0 Å². The molecule has 0 aliphatic carbocycles. The van der Waals surface area contributed by atoms with Crippen LogP contribution in [-0.4, -0.2) is 28.4 Å². The van der Waals surface area contributed by atoms with Crippen LogP contribution in [0.1, 0.15) is 13.3 Å². The molecule has 16 heavy (non-hydrogen) atoms. The van der Waals surface area contributed by atoms with E-state index in [0.717, 1.165) is 10.6 Å². The van der Waals surface area contributed by atoms with Crippen molar-refractivity contribution in [3.8, 4) is 11.5 Å². The average molecular weight is 241 g/mol. The second kappa shape index (κ2) is 6.27. The first-order valence-electron chi connectivity index (χ1n) is 5.05. The highest BCUT2D eigenvalue weighted by Gasteiger charge is 2.01. The van der Waals surface area contributed by atoms with Crippen molar-refractivity contribution in [1.29, 1.82) is 0 Å². The van der Waals surface area contributed by atoms with Gasteiger partial charge in [-0.3, -0.25) is 4.79 Å². The number of rotatable bonds is 5. The molecule has 1 rings (SSSR count). The van der Waals surface area contributed by atoms with Gasteiger partial charge in [0.05, 0.1) is 0 Å². The predicted molar refractivity (Wildman–Crippen MR) is 63.8 cm³/mol. The molecule has 1 aromatic rings. The SMILES string of the molecule is CCC(=O)NCCSc1ccc(O)c(O)c1. The minimum absolute atomic E-state index is 0.0363. The predicted octanol–water partition coefficient (Wildman–Crippen LogP) is 1.72. The third kappa shape index (κ3) is 4.02. The van der Waals surface area contributed by atoms with Crippen molar-refractivity contribution in [2.45, 2.75) is 18.2 Å². The zero-order valence-corrected chi connectivity index (χ0v) is 9.88. The summed E-state index contributed by atoms with van der Waals surface area (Å²) in [6.45, 7) is 2.40. The summed E-state index contributed by atoms with van der Waals surface area (Å²) in [7, 11) is 0. The van der Waals surface area contributed by atoms with Crippen LogP contribution in [0.4, 0.5) is 0 Å².